The minimum absolute atomic E-state index is 0.114. The fraction of sp³-hybridized carbons (Fsp3) is 0.111. The van der Waals surface area contributed by atoms with Crippen molar-refractivity contribution in [1.82, 2.24) is 4.98 Å². The van der Waals surface area contributed by atoms with Gasteiger partial charge in [-0.15, -0.1) is 0 Å². The zero-order valence-electron chi connectivity index (χ0n) is 11.6. The third kappa shape index (κ3) is 2.88. The van der Waals surface area contributed by atoms with Crippen LogP contribution in [0.3, 0.4) is 0 Å². The van der Waals surface area contributed by atoms with Crippen LogP contribution in [0.15, 0.2) is 59.1 Å². The van der Waals surface area contributed by atoms with E-state index < -0.39 is 0 Å². The molecule has 0 saturated carbocycles. The highest BCUT2D eigenvalue weighted by molar-refractivity contribution is 9.10. The van der Waals surface area contributed by atoms with E-state index in [-0.39, 0.29) is 5.78 Å². The summed E-state index contributed by atoms with van der Waals surface area (Å²) in [5.41, 5.74) is 3.48. The van der Waals surface area contributed by atoms with Gasteiger partial charge in [-0.1, -0.05) is 52.3 Å². The van der Waals surface area contributed by atoms with Gasteiger partial charge in [0.15, 0.2) is 5.78 Å². The molecule has 0 aliphatic carbocycles. The van der Waals surface area contributed by atoms with E-state index in [1.807, 2.05) is 61.5 Å². The quantitative estimate of drug-likeness (QED) is 0.645. The van der Waals surface area contributed by atoms with Crippen molar-refractivity contribution in [2.45, 2.75) is 13.3 Å². The lowest BCUT2D eigenvalue weighted by molar-refractivity contribution is 0.0994. The Bertz CT molecular complexity index is 826. The molecule has 1 aromatic heterocycles. The van der Waals surface area contributed by atoms with Gasteiger partial charge < -0.3 is 0 Å². The summed E-state index contributed by atoms with van der Waals surface area (Å²) in [6, 6.07) is 17.5. The first-order valence-electron chi connectivity index (χ1n) is 6.78. The van der Waals surface area contributed by atoms with Crippen molar-refractivity contribution in [2.24, 2.45) is 0 Å². The summed E-state index contributed by atoms with van der Waals surface area (Å²) in [4.78, 5) is 17.2. The van der Waals surface area contributed by atoms with Gasteiger partial charge in [0, 0.05) is 27.5 Å². The normalized spacial score (nSPS) is 10.8. The van der Waals surface area contributed by atoms with Gasteiger partial charge in [0.1, 0.15) is 0 Å². The van der Waals surface area contributed by atoms with Crippen LogP contribution >= 0.6 is 15.9 Å². The standard InChI is InChI=1S/C18H14BrNO/c1-12-10-15(14-7-3-5-9-17(14)20-12)18(21)11-13-6-2-4-8-16(13)19/h2-10H,11H2,1H3. The van der Waals surface area contributed by atoms with Crippen molar-refractivity contribution < 1.29 is 4.79 Å². The molecule has 104 valence electrons. The molecule has 3 heteroatoms. The second-order valence-corrected chi connectivity index (χ2v) is 5.87. The predicted molar refractivity (Wildman–Crippen MR) is 88.7 cm³/mol. The number of aromatic nitrogens is 1. The molecule has 0 aliphatic rings. The zero-order chi connectivity index (χ0) is 14.8. The highest BCUT2D eigenvalue weighted by atomic mass is 79.9. The molecule has 0 saturated heterocycles. The molecule has 0 atom stereocenters. The number of para-hydroxylation sites is 1. The molecule has 0 unspecified atom stereocenters. The van der Waals surface area contributed by atoms with Crippen LogP contribution in [0.1, 0.15) is 21.6 Å². The molecule has 0 spiro atoms. The number of benzene rings is 2. The smallest absolute Gasteiger partial charge is 0.168 e. The molecule has 0 fully saturated rings. The zero-order valence-corrected chi connectivity index (χ0v) is 13.2. The third-order valence-corrected chi connectivity index (χ3v) is 4.23. The first kappa shape index (κ1) is 14.0. The molecule has 2 nitrogen and oxygen atoms in total. The van der Waals surface area contributed by atoms with E-state index in [0.29, 0.717) is 6.42 Å². The van der Waals surface area contributed by atoms with Gasteiger partial charge in [-0.05, 0) is 30.7 Å². The molecule has 0 N–H and O–H groups in total. The molecule has 3 rings (SSSR count). The number of carbonyl (C=O) groups is 1. The Kier molecular flexibility index (Phi) is 3.84. The number of hydrogen-bond donors (Lipinski definition) is 0. The number of ketones is 1. The van der Waals surface area contributed by atoms with Crippen LogP contribution in [0.4, 0.5) is 0 Å². The van der Waals surface area contributed by atoms with E-state index in [1.54, 1.807) is 0 Å². The summed E-state index contributed by atoms with van der Waals surface area (Å²) in [5, 5.41) is 0.917. The average Bonchev–Trinajstić information content (AvgIpc) is 2.48. The molecular weight excluding hydrogens is 326 g/mol. The lowest BCUT2D eigenvalue weighted by Gasteiger charge is -2.08. The molecule has 3 aromatic rings. The fourth-order valence-corrected chi connectivity index (χ4v) is 2.87. The summed E-state index contributed by atoms with van der Waals surface area (Å²) in [6.45, 7) is 1.92. The number of nitrogens with zero attached hydrogens (tertiary/aromatic N) is 1. The largest absolute Gasteiger partial charge is 0.294 e. The van der Waals surface area contributed by atoms with Gasteiger partial charge in [0.2, 0.25) is 0 Å². The molecule has 21 heavy (non-hydrogen) atoms. The monoisotopic (exact) mass is 339 g/mol. The number of pyridine rings is 1. The van der Waals surface area contributed by atoms with E-state index in [4.69, 9.17) is 0 Å². The van der Waals surface area contributed by atoms with Gasteiger partial charge in [0.25, 0.3) is 0 Å². The number of carbonyl (C=O) groups excluding carboxylic acids is 1. The van der Waals surface area contributed by atoms with Gasteiger partial charge in [-0.2, -0.15) is 0 Å². The van der Waals surface area contributed by atoms with Crippen LogP contribution in [-0.4, -0.2) is 10.8 Å². The van der Waals surface area contributed by atoms with Gasteiger partial charge >= 0.3 is 0 Å². The van der Waals surface area contributed by atoms with E-state index in [2.05, 4.69) is 20.9 Å². The van der Waals surface area contributed by atoms with Crippen molar-refractivity contribution in [3.63, 3.8) is 0 Å². The number of Topliss-reactive ketones (excluding diaryl/α,β-unsaturated/α-hetero) is 1. The van der Waals surface area contributed by atoms with Crippen LogP contribution in [0.2, 0.25) is 0 Å². The van der Waals surface area contributed by atoms with Crippen LogP contribution in [0, 0.1) is 6.92 Å². The second kappa shape index (κ2) is 5.78. The van der Waals surface area contributed by atoms with E-state index in [1.165, 1.54) is 0 Å². The summed E-state index contributed by atoms with van der Waals surface area (Å²) in [7, 11) is 0. The van der Waals surface area contributed by atoms with Gasteiger partial charge in [-0.25, -0.2) is 0 Å². The number of hydrogen-bond acceptors (Lipinski definition) is 2. The lowest BCUT2D eigenvalue weighted by Crippen LogP contribution is -2.06. The summed E-state index contributed by atoms with van der Waals surface area (Å²) >= 11 is 3.50. The Morgan fingerprint density at radius 1 is 1.10 bits per heavy atom. The first-order chi connectivity index (χ1) is 10.1. The average molecular weight is 340 g/mol. The molecule has 2 aromatic carbocycles. The summed E-state index contributed by atoms with van der Waals surface area (Å²) in [5.74, 6) is 0.114. The predicted octanol–water partition coefficient (Wildman–Crippen LogP) is 4.73. The summed E-state index contributed by atoms with van der Waals surface area (Å²) < 4.78 is 0.966. The molecule has 0 bridgehead atoms. The highest BCUT2D eigenvalue weighted by Gasteiger charge is 2.13. The Hall–Kier alpha value is -2.00. The SMILES string of the molecule is Cc1cc(C(=O)Cc2ccccc2Br)c2ccccc2n1. The minimum atomic E-state index is 0.114. The van der Waals surface area contributed by atoms with Crippen molar-refractivity contribution >= 4 is 32.6 Å². The van der Waals surface area contributed by atoms with Crippen molar-refractivity contribution in [1.29, 1.82) is 0 Å². The maximum absolute atomic E-state index is 12.7. The number of rotatable bonds is 3. The van der Waals surface area contributed by atoms with Crippen molar-refractivity contribution in [3.8, 4) is 0 Å². The minimum Gasteiger partial charge on any atom is -0.294 e. The lowest BCUT2D eigenvalue weighted by atomic mass is 9.99. The van der Waals surface area contributed by atoms with Gasteiger partial charge in [0.05, 0.1) is 5.52 Å². The van der Waals surface area contributed by atoms with Crippen LogP contribution in [-0.2, 0) is 6.42 Å². The van der Waals surface area contributed by atoms with Crippen molar-refractivity contribution in [3.05, 3.63) is 75.9 Å². The Balaban J connectivity index is 2.04. The summed E-state index contributed by atoms with van der Waals surface area (Å²) in [6.07, 6.45) is 0.384. The first-order valence-corrected chi connectivity index (χ1v) is 7.57. The Morgan fingerprint density at radius 2 is 1.81 bits per heavy atom. The van der Waals surface area contributed by atoms with Crippen LogP contribution in [0.25, 0.3) is 10.9 Å². The highest BCUT2D eigenvalue weighted by Crippen LogP contribution is 2.22. The van der Waals surface area contributed by atoms with Crippen molar-refractivity contribution in [2.75, 3.05) is 0 Å². The molecule has 0 amide bonds. The van der Waals surface area contributed by atoms with Crippen LogP contribution < -0.4 is 0 Å². The fourth-order valence-electron chi connectivity index (χ4n) is 2.45. The number of fused-ring (bicyclic) bond motifs is 1. The van der Waals surface area contributed by atoms with E-state index >= 15 is 0 Å². The van der Waals surface area contributed by atoms with Gasteiger partial charge in [-0.3, -0.25) is 9.78 Å². The maximum atomic E-state index is 12.7. The molecule has 0 radical (unpaired) electrons. The molecule has 0 aliphatic heterocycles. The molecule has 1 heterocycles. The van der Waals surface area contributed by atoms with E-state index in [0.717, 1.165) is 32.2 Å². The second-order valence-electron chi connectivity index (χ2n) is 5.02. The topological polar surface area (TPSA) is 30.0 Å². The molecular formula is C18H14BrNO. The number of aryl methyl sites for hydroxylation is 1. The number of halogens is 1. The Morgan fingerprint density at radius 3 is 2.62 bits per heavy atom. The van der Waals surface area contributed by atoms with Crippen LogP contribution in [0.5, 0.6) is 0 Å². The maximum Gasteiger partial charge on any atom is 0.168 e. The Labute approximate surface area is 132 Å². The van der Waals surface area contributed by atoms with E-state index in [9.17, 15) is 4.79 Å². The third-order valence-electron chi connectivity index (χ3n) is 3.45.